The van der Waals surface area contributed by atoms with Gasteiger partial charge in [-0.2, -0.15) is 0 Å². The summed E-state index contributed by atoms with van der Waals surface area (Å²) >= 11 is 1.63. The highest BCUT2D eigenvalue weighted by atomic mass is 127. The fourth-order valence-corrected chi connectivity index (χ4v) is 3.91. The number of hydrogen-bond donors (Lipinski definition) is 2. The number of hydrogen-bond acceptors (Lipinski definition) is 4. The predicted octanol–water partition coefficient (Wildman–Crippen LogP) is 5.26. The molecule has 0 radical (unpaired) electrons. The van der Waals surface area contributed by atoms with E-state index in [1.54, 1.807) is 22.6 Å². The van der Waals surface area contributed by atoms with Crippen LogP contribution in [-0.2, 0) is 24.5 Å². The second kappa shape index (κ2) is 12.2. The van der Waals surface area contributed by atoms with E-state index in [0.29, 0.717) is 31.0 Å². The lowest BCUT2D eigenvalue weighted by molar-refractivity contribution is -0.138. The van der Waals surface area contributed by atoms with E-state index in [9.17, 15) is 13.6 Å². The lowest BCUT2D eigenvalue weighted by Crippen LogP contribution is -2.35. The zero-order valence-electron chi connectivity index (χ0n) is 18.8. The molecule has 3 rings (SSSR count). The minimum Gasteiger partial charge on any atom is -0.489 e. The quantitative estimate of drug-likeness (QED) is 0.239. The van der Waals surface area contributed by atoms with Crippen molar-refractivity contribution in [3.63, 3.8) is 0 Å². The normalized spacial score (nSPS) is 12.1. The Morgan fingerprint density at radius 1 is 1.06 bits per heavy atom. The van der Waals surface area contributed by atoms with E-state index in [1.807, 2.05) is 54.3 Å². The van der Waals surface area contributed by atoms with Crippen LogP contribution in [0, 0.1) is 22.1 Å². The number of benzene rings is 3. The standard InChI is InChI=1S/C26H27F2IN2O3/c1-17-5-4-6-18(11-17)16-34-24-8-3-2-7-20(24)15-31(10-9-23(30)26(32)33)14-19-12-21(27)25(29)22(28)13-19/h2-8,11-13,23H,9-10,14-16,30H2,1H3,(H,32,33). The molecule has 0 saturated heterocycles. The number of nitrogens with zero attached hydrogens (tertiary/aromatic N) is 1. The number of aryl methyl sites for hydroxylation is 1. The molecule has 0 amide bonds. The first-order valence-corrected chi connectivity index (χ1v) is 11.9. The summed E-state index contributed by atoms with van der Waals surface area (Å²) in [4.78, 5) is 13.1. The molecular formula is C26H27F2IN2O3. The monoisotopic (exact) mass is 580 g/mol. The lowest BCUT2D eigenvalue weighted by atomic mass is 10.1. The van der Waals surface area contributed by atoms with Crippen molar-refractivity contribution in [3.05, 3.63) is 98.1 Å². The molecular weight excluding hydrogens is 553 g/mol. The maximum absolute atomic E-state index is 14.1. The molecule has 3 aromatic rings. The topological polar surface area (TPSA) is 75.8 Å². The van der Waals surface area contributed by atoms with Gasteiger partial charge in [-0.3, -0.25) is 9.69 Å². The van der Waals surface area contributed by atoms with Gasteiger partial charge in [0.1, 0.15) is 30.0 Å². The molecule has 0 aromatic heterocycles. The highest BCUT2D eigenvalue weighted by molar-refractivity contribution is 14.1. The first-order valence-electron chi connectivity index (χ1n) is 10.8. The molecule has 0 bridgehead atoms. The predicted molar refractivity (Wildman–Crippen MR) is 135 cm³/mol. The summed E-state index contributed by atoms with van der Waals surface area (Å²) in [6.07, 6.45) is 0.191. The van der Waals surface area contributed by atoms with Gasteiger partial charge >= 0.3 is 5.97 Å². The van der Waals surface area contributed by atoms with E-state index in [1.165, 1.54) is 12.1 Å². The van der Waals surface area contributed by atoms with Gasteiger partial charge in [0.05, 0.1) is 3.57 Å². The third kappa shape index (κ3) is 7.48. The smallest absolute Gasteiger partial charge is 0.320 e. The SMILES string of the molecule is Cc1cccc(COc2ccccc2CN(CCC(N)C(=O)O)Cc2cc(F)c(I)c(F)c2)c1. The van der Waals surface area contributed by atoms with Crippen LogP contribution in [0.3, 0.4) is 0 Å². The molecule has 0 aliphatic rings. The third-order valence-corrected chi connectivity index (χ3v) is 6.40. The van der Waals surface area contributed by atoms with Crippen LogP contribution in [0.25, 0.3) is 0 Å². The highest BCUT2D eigenvalue weighted by Crippen LogP contribution is 2.24. The van der Waals surface area contributed by atoms with E-state index in [4.69, 9.17) is 15.6 Å². The Bertz CT molecular complexity index is 1120. The molecule has 0 heterocycles. The van der Waals surface area contributed by atoms with Gasteiger partial charge in [-0.1, -0.05) is 48.0 Å². The number of halogens is 3. The number of nitrogens with two attached hydrogens (primary N) is 1. The number of carboxylic acid groups (broad SMARTS) is 1. The first-order chi connectivity index (χ1) is 16.2. The van der Waals surface area contributed by atoms with Gasteiger partial charge in [-0.25, -0.2) is 8.78 Å². The minimum absolute atomic E-state index is 0.0595. The van der Waals surface area contributed by atoms with Gasteiger partial charge < -0.3 is 15.6 Å². The number of carbonyl (C=O) groups is 1. The van der Waals surface area contributed by atoms with E-state index in [-0.39, 0.29) is 16.5 Å². The molecule has 0 fully saturated rings. The first kappa shape index (κ1) is 26.1. The summed E-state index contributed by atoms with van der Waals surface area (Å²) in [7, 11) is 0. The molecule has 0 saturated carbocycles. The van der Waals surface area contributed by atoms with Crippen LogP contribution in [0.2, 0.25) is 0 Å². The summed E-state index contributed by atoms with van der Waals surface area (Å²) in [6.45, 7) is 3.37. The molecule has 3 N–H and O–H groups in total. The number of carboxylic acids is 1. The Hall–Kier alpha value is -2.56. The van der Waals surface area contributed by atoms with Crippen molar-refractivity contribution in [2.45, 2.75) is 39.1 Å². The fraction of sp³-hybridized carbons (Fsp3) is 0.269. The Balaban J connectivity index is 1.79. The fourth-order valence-electron chi connectivity index (χ4n) is 3.60. The summed E-state index contributed by atoms with van der Waals surface area (Å²) in [5.74, 6) is -1.65. The lowest BCUT2D eigenvalue weighted by Gasteiger charge is -2.25. The van der Waals surface area contributed by atoms with Crippen LogP contribution in [0.15, 0.2) is 60.7 Å². The molecule has 0 aliphatic carbocycles. The van der Waals surface area contributed by atoms with Crippen LogP contribution < -0.4 is 10.5 Å². The summed E-state index contributed by atoms with van der Waals surface area (Å²) in [6, 6.07) is 17.2. The van der Waals surface area contributed by atoms with E-state index in [2.05, 4.69) is 6.07 Å². The second-order valence-corrected chi connectivity index (χ2v) is 9.28. The van der Waals surface area contributed by atoms with Gasteiger partial charge in [-0.05, 0) is 65.3 Å². The average molecular weight is 580 g/mol. The zero-order valence-corrected chi connectivity index (χ0v) is 21.0. The van der Waals surface area contributed by atoms with Gasteiger partial charge in [0, 0.05) is 25.2 Å². The largest absolute Gasteiger partial charge is 0.489 e. The molecule has 1 unspecified atom stereocenters. The summed E-state index contributed by atoms with van der Waals surface area (Å²) in [5.41, 5.74) is 9.23. The van der Waals surface area contributed by atoms with Crippen LogP contribution in [0.1, 0.15) is 28.7 Å². The Morgan fingerprint density at radius 3 is 2.44 bits per heavy atom. The molecule has 34 heavy (non-hydrogen) atoms. The van der Waals surface area contributed by atoms with E-state index >= 15 is 0 Å². The number of para-hydroxylation sites is 1. The maximum Gasteiger partial charge on any atom is 0.320 e. The van der Waals surface area contributed by atoms with Crippen molar-refractivity contribution >= 4 is 28.6 Å². The third-order valence-electron chi connectivity index (χ3n) is 5.37. The second-order valence-electron chi connectivity index (χ2n) is 8.20. The van der Waals surface area contributed by atoms with Gasteiger partial charge in [0.25, 0.3) is 0 Å². The van der Waals surface area contributed by atoms with Crippen molar-refractivity contribution in [1.29, 1.82) is 0 Å². The molecule has 180 valence electrons. The van der Waals surface area contributed by atoms with Crippen LogP contribution in [0.5, 0.6) is 5.75 Å². The van der Waals surface area contributed by atoms with Crippen molar-refractivity contribution < 1.29 is 23.4 Å². The average Bonchev–Trinajstić information content (AvgIpc) is 2.80. The maximum atomic E-state index is 14.1. The Labute approximate surface area is 211 Å². The van der Waals surface area contributed by atoms with Gasteiger partial charge in [-0.15, -0.1) is 0 Å². The number of aliphatic carboxylic acids is 1. The molecule has 1 atom stereocenters. The van der Waals surface area contributed by atoms with Crippen molar-refractivity contribution in [1.82, 2.24) is 4.90 Å². The van der Waals surface area contributed by atoms with E-state index in [0.717, 1.165) is 16.7 Å². The van der Waals surface area contributed by atoms with Crippen molar-refractivity contribution in [3.8, 4) is 5.75 Å². The molecule has 8 heteroatoms. The van der Waals surface area contributed by atoms with Crippen LogP contribution >= 0.6 is 22.6 Å². The highest BCUT2D eigenvalue weighted by Gasteiger charge is 2.17. The van der Waals surface area contributed by atoms with Gasteiger partial charge in [0.2, 0.25) is 0 Å². The van der Waals surface area contributed by atoms with Crippen molar-refractivity contribution in [2.24, 2.45) is 5.73 Å². The molecule has 0 aliphatic heterocycles. The van der Waals surface area contributed by atoms with Crippen LogP contribution in [-0.4, -0.2) is 28.6 Å². The molecule has 5 nitrogen and oxygen atoms in total. The summed E-state index contributed by atoms with van der Waals surface area (Å²) < 4.78 is 34.2. The molecule has 0 spiro atoms. The zero-order chi connectivity index (χ0) is 24.7. The Morgan fingerprint density at radius 2 is 1.76 bits per heavy atom. The van der Waals surface area contributed by atoms with E-state index < -0.39 is 23.6 Å². The Kier molecular flexibility index (Phi) is 9.37. The number of rotatable bonds is 11. The van der Waals surface area contributed by atoms with Crippen LogP contribution in [0.4, 0.5) is 8.78 Å². The van der Waals surface area contributed by atoms with Gasteiger partial charge in [0.15, 0.2) is 0 Å². The molecule has 3 aromatic carbocycles. The number of ether oxygens (including phenoxy) is 1. The minimum atomic E-state index is -1.09. The summed E-state index contributed by atoms with van der Waals surface area (Å²) in [5, 5.41) is 9.16. The van der Waals surface area contributed by atoms with Crippen molar-refractivity contribution in [2.75, 3.05) is 6.54 Å².